The van der Waals surface area contributed by atoms with Crippen molar-refractivity contribution < 1.29 is 23.8 Å². The van der Waals surface area contributed by atoms with Crippen LogP contribution >= 0.6 is 11.6 Å². The maximum absolute atomic E-state index is 13.0. The number of carbonyl (C=O) groups excluding carboxylic acids is 1. The molecule has 6 nitrogen and oxygen atoms in total. The molecule has 7 heteroatoms. The van der Waals surface area contributed by atoms with Gasteiger partial charge in [0.2, 0.25) is 11.2 Å². The topological polar surface area (TPSA) is 88.8 Å². The monoisotopic (exact) mass is 387 g/mol. The van der Waals surface area contributed by atoms with Crippen LogP contribution in [0.15, 0.2) is 45.6 Å². The van der Waals surface area contributed by atoms with Crippen LogP contribution in [-0.4, -0.2) is 19.2 Å². The highest BCUT2D eigenvalue weighted by atomic mass is 35.5. The van der Waals surface area contributed by atoms with E-state index < -0.39 is 17.5 Å². The molecule has 2 aromatic carbocycles. The first-order valence-electron chi connectivity index (χ1n) is 8.10. The molecule has 0 fully saturated rings. The van der Waals surface area contributed by atoms with Gasteiger partial charge in [-0.1, -0.05) is 11.6 Å². The van der Waals surface area contributed by atoms with Gasteiger partial charge in [0.1, 0.15) is 17.4 Å². The minimum atomic E-state index is -1.45. The highest BCUT2D eigenvalue weighted by molar-refractivity contribution is 6.32. The number of ether oxygens (including phenoxy) is 2. The summed E-state index contributed by atoms with van der Waals surface area (Å²) in [6.07, 6.45) is -1.34. The van der Waals surface area contributed by atoms with Crippen LogP contribution < -0.4 is 20.0 Å². The molecule has 1 heterocycles. The number of benzene rings is 2. The molecule has 0 bridgehead atoms. The third kappa shape index (κ3) is 3.61. The van der Waals surface area contributed by atoms with E-state index in [0.29, 0.717) is 21.9 Å². The Morgan fingerprint density at radius 1 is 1.22 bits per heavy atom. The summed E-state index contributed by atoms with van der Waals surface area (Å²) in [6.45, 7) is 3.07. The maximum Gasteiger partial charge on any atom is 0.235 e. The number of hydrogen-bond acceptors (Lipinski definition) is 6. The lowest BCUT2D eigenvalue weighted by Crippen LogP contribution is -2.38. The summed E-state index contributed by atoms with van der Waals surface area (Å²) in [4.78, 5) is 24.1. The summed E-state index contributed by atoms with van der Waals surface area (Å²) in [5, 5.41) is 11.7. The third-order valence-electron chi connectivity index (χ3n) is 4.11. The molecule has 1 atom stereocenters. The summed E-state index contributed by atoms with van der Waals surface area (Å²) in [6, 6.07) is 9.88. The van der Waals surface area contributed by atoms with Gasteiger partial charge in [-0.2, -0.15) is 0 Å². The van der Waals surface area contributed by atoms with E-state index in [4.69, 9.17) is 25.5 Å². The Morgan fingerprint density at radius 2 is 1.89 bits per heavy atom. The molecule has 0 saturated carbocycles. The Balaban J connectivity index is 2.29. The smallest absolute Gasteiger partial charge is 0.235 e. The van der Waals surface area contributed by atoms with Gasteiger partial charge in [0.05, 0.1) is 18.5 Å². The van der Waals surface area contributed by atoms with Crippen molar-refractivity contribution in [1.82, 2.24) is 0 Å². The number of carboxylic acids is 1. The van der Waals surface area contributed by atoms with Crippen LogP contribution in [0.2, 0.25) is 5.02 Å². The van der Waals surface area contributed by atoms with E-state index in [9.17, 15) is 14.7 Å². The summed E-state index contributed by atoms with van der Waals surface area (Å²) < 4.78 is 16.4. The fraction of sp³-hybridized carbons (Fsp3) is 0.200. The number of methoxy groups -OCH3 is 1. The first kappa shape index (κ1) is 18.8. The van der Waals surface area contributed by atoms with E-state index in [2.05, 4.69) is 0 Å². The first-order valence-corrected chi connectivity index (χ1v) is 8.48. The van der Waals surface area contributed by atoms with Crippen molar-refractivity contribution in [3.63, 3.8) is 0 Å². The molecule has 0 N–H and O–H groups in total. The zero-order valence-corrected chi connectivity index (χ0v) is 15.6. The van der Waals surface area contributed by atoms with Gasteiger partial charge < -0.3 is 23.8 Å². The van der Waals surface area contributed by atoms with Crippen LogP contribution in [0, 0.1) is 6.92 Å². The van der Waals surface area contributed by atoms with E-state index in [1.54, 1.807) is 37.3 Å². The van der Waals surface area contributed by atoms with Crippen molar-refractivity contribution in [1.29, 1.82) is 0 Å². The number of hydrogen-bond donors (Lipinski definition) is 0. The molecule has 0 amide bonds. The van der Waals surface area contributed by atoms with Crippen molar-refractivity contribution in [3.05, 3.63) is 57.2 Å². The van der Waals surface area contributed by atoms with Crippen LogP contribution in [0.3, 0.4) is 0 Å². The molecule has 3 aromatic rings. The number of carbonyl (C=O) groups is 1. The van der Waals surface area contributed by atoms with Gasteiger partial charge in [-0.25, -0.2) is 0 Å². The fourth-order valence-electron chi connectivity index (χ4n) is 2.56. The van der Waals surface area contributed by atoms with E-state index in [1.807, 2.05) is 0 Å². The summed E-state index contributed by atoms with van der Waals surface area (Å²) >= 11 is 6.12. The Hall–Kier alpha value is -2.99. The number of aryl methyl sites for hydroxylation is 1. The molecular formula is C20H16ClO6-. The quantitative estimate of drug-likeness (QED) is 0.668. The van der Waals surface area contributed by atoms with Crippen LogP contribution in [-0.2, 0) is 4.79 Å². The van der Waals surface area contributed by atoms with Gasteiger partial charge in [-0.05, 0) is 55.8 Å². The molecule has 0 aliphatic carbocycles. The highest BCUT2D eigenvalue weighted by Gasteiger charge is 2.21. The molecule has 27 heavy (non-hydrogen) atoms. The Morgan fingerprint density at radius 3 is 2.48 bits per heavy atom. The molecule has 0 radical (unpaired) electrons. The maximum atomic E-state index is 13.0. The number of halogens is 1. The van der Waals surface area contributed by atoms with Crippen molar-refractivity contribution in [2.75, 3.05) is 7.11 Å². The predicted octanol–water partition coefficient (Wildman–Crippen LogP) is 2.95. The fourth-order valence-corrected chi connectivity index (χ4v) is 2.73. The van der Waals surface area contributed by atoms with Gasteiger partial charge in [-0.3, -0.25) is 4.79 Å². The molecule has 0 aliphatic rings. The van der Waals surface area contributed by atoms with Crippen LogP contribution in [0.1, 0.15) is 12.5 Å². The van der Waals surface area contributed by atoms with Gasteiger partial charge in [-0.15, -0.1) is 0 Å². The van der Waals surface area contributed by atoms with E-state index in [0.717, 1.165) is 5.56 Å². The minimum absolute atomic E-state index is 0.116. The minimum Gasteiger partial charge on any atom is -0.546 e. The van der Waals surface area contributed by atoms with Gasteiger partial charge >= 0.3 is 0 Å². The third-order valence-corrected chi connectivity index (χ3v) is 4.52. The second-order valence-electron chi connectivity index (χ2n) is 5.99. The zero-order valence-electron chi connectivity index (χ0n) is 14.9. The lowest BCUT2D eigenvalue weighted by molar-refractivity contribution is -0.312. The molecule has 0 spiro atoms. The molecule has 0 saturated heterocycles. The van der Waals surface area contributed by atoms with Crippen molar-refractivity contribution in [2.45, 2.75) is 20.0 Å². The molecular weight excluding hydrogens is 372 g/mol. The van der Waals surface area contributed by atoms with Crippen molar-refractivity contribution in [2.24, 2.45) is 0 Å². The predicted molar refractivity (Wildman–Crippen MR) is 99.3 cm³/mol. The van der Waals surface area contributed by atoms with Gasteiger partial charge in [0.25, 0.3) is 0 Å². The number of aliphatic carboxylic acids is 1. The highest BCUT2D eigenvalue weighted by Crippen LogP contribution is 2.34. The van der Waals surface area contributed by atoms with Crippen LogP contribution in [0.4, 0.5) is 0 Å². The lowest BCUT2D eigenvalue weighted by atomic mass is 10.1. The number of carboxylic acid groups (broad SMARTS) is 1. The van der Waals surface area contributed by atoms with Gasteiger partial charge in [0.15, 0.2) is 5.76 Å². The molecule has 1 aromatic heterocycles. The number of rotatable bonds is 5. The van der Waals surface area contributed by atoms with E-state index in [-0.39, 0.29) is 16.9 Å². The van der Waals surface area contributed by atoms with E-state index >= 15 is 0 Å². The molecule has 0 unspecified atom stereocenters. The van der Waals surface area contributed by atoms with Crippen LogP contribution in [0.25, 0.3) is 22.3 Å². The number of fused-ring (bicyclic) bond motifs is 1. The van der Waals surface area contributed by atoms with Gasteiger partial charge in [0, 0.05) is 10.6 Å². The molecule has 3 rings (SSSR count). The zero-order chi connectivity index (χ0) is 19.7. The van der Waals surface area contributed by atoms with Crippen molar-refractivity contribution >= 4 is 28.5 Å². The normalized spacial score (nSPS) is 12.0. The summed E-state index contributed by atoms with van der Waals surface area (Å²) in [7, 11) is 1.54. The Kier molecular flexibility index (Phi) is 5.10. The van der Waals surface area contributed by atoms with E-state index in [1.165, 1.54) is 20.1 Å². The second kappa shape index (κ2) is 7.32. The first-order chi connectivity index (χ1) is 12.8. The standard InChI is InChI=1S/C20H17ClO6/c1-10-8-16-14(9-15(10)21)17(22)19(26-11(2)20(23)24)18(27-16)12-4-6-13(25-3)7-5-12/h4-9,11H,1-3H3,(H,23,24)/p-1/t11-/m1/s1. The largest absolute Gasteiger partial charge is 0.546 e. The average Bonchev–Trinajstić information content (AvgIpc) is 2.65. The molecule has 0 aliphatic heterocycles. The second-order valence-corrected chi connectivity index (χ2v) is 6.40. The average molecular weight is 388 g/mol. The SMILES string of the molecule is COc1ccc(-c2oc3cc(C)c(Cl)cc3c(=O)c2O[C@H](C)C(=O)[O-])cc1. The van der Waals surface area contributed by atoms with Crippen molar-refractivity contribution in [3.8, 4) is 22.8 Å². The summed E-state index contributed by atoms with van der Waals surface area (Å²) in [5.41, 5.74) is 1.07. The Labute approximate surface area is 159 Å². The Bertz CT molecular complexity index is 1070. The molecule has 140 valence electrons. The summed E-state index contributed by atoms with van der Waals surface area (Å²) in [5.74, 6) is -0.929. The van der Waals surface area contributed by atoms with Crippen LogP contribution in [0.5, 0.6) is 11.5 Å². The lowest BCUT2D eigenvalue weighted by Gasteiger charge is -2.18.